The molecule has 1 N–H and O–H groups in total. The van der Waals surface area contributed by atoms with Crippen LogP contribution in [0.5, 0.6) is 0 Å². The van der Waals surface area contributed by atoms with Gasteiger partial charge in [0.1, 0.15) is 0 Å². The van der Waals surface area contributed by atoms with Gasteiger partial charge in [0.15, 0.2) is 0 Å². The van der Waals surface area contributed by atoms with Gasteiger partial charge < -0.3 is 5.11 Å². The predicted octanol–water partition coefficient (Wildman–Crippen LogP) is 4.77. The summed E-state index contributed by atoms with van der Waals surface area (Å²) in [6.45, 7) is 3.71. The summed E-state index contributed by atoms with van der Waals surface area (Å²) in [5, 5.41) is 8.52. The third-order valence-corrected chi connectivity index (χ3v) is 3.99. The monoisotopic (exact) mass is 338 g/mol. The number of carboxylic acid groups (broad SMARTS) is 1. The van der Waals surface area contributed by atoms with Gasteiger partial charge in [-0.15, -0.1) is 0 Å². The van der Waals surface area contributed by atoms with Crippen LogP contribution in [-0.4, -0.2) is 44.9 Å². The molecular weight excluding hydrogens is 299 g/mol. The third kappa shape index (κ3) is 25.6. The van der Waals surface area contributed by atoms with Crippen LogP contribution in [0, 0.1) is 0 Å². The summed E-state index contributed by atoms with van der Waals surface area (Å²) < 4.78 is 0. The molecule has 4 heteroatoms. The second-order valence-electron chi connectivity index (χ2n) is 6.09. The maximum absolute atomic E-state index is 10.3. The van der Waals surface area contributed by atoms with Crippen molar-refractivity contribution in [2.24, 2.45) is 0 Å². The molecule has 0 aliphatic rings. The first kappa shape index (κ1) is 24.9. The van der Waals surface area contributed by atoms with Gasteiger partial charge in [-0.05, 0) is 6.42 Å². The van der Waals surface area contributed by atoms with E-state index in [2.05, 4.69) is 6.92 Å². The summed E-state index contributed by atoms with van der Waals surface area (Å²) in [6.07, 6.45) is 20.2. The van der Waals surface area contributed by atoms with Crippen molar-refractivity contribution in [3.05, 3.63) is 0 Å². The summed E-state index contributed by atoms with van der Waals surface area (Å²) >= 11 is 1.44. The van der Waals surface area contributed by atoms with Gasteiger partial charge in [0.2, 0.25) is 0 Å². The first-order chi connectivity index (χ1) is 10.8. The molecule has 2 nitrogen and oxygen atoms in total. The van der Waals surface area contributed by atoms with E-state index in [-0.39, 0.29) is 0 Å². The quantitative estimate of drug-likeness (QED) is 0.325. The van der Waals surface area contributed by atoms with Crippen LogP contribution < -0.4 is 0 Å². The zero-order valence-corrected chi connectivity index (χ0v) is 19.7. The molecule has 0 aliphatic heterocycles. The molecule has 0 aromatic carbocycles. The molecule has 0 bridgehead atoms. The molecule has 0 saturated carbocycles. The molecular formula is C18H39NaO2Si. The molecule has 0 unspecified atom stereocenters. The number of hydrogen-bond acceptors (Lipinski definition) is 1. The first-order valence-electron chi connectivity index (χ1n) is 9.99. The number of hydrogen-bond donors (Lipinski definition) is 1. The Morgan fingerprint density at radius 3 is 1.23 bits per heavy atom. The van der Waals surface area contributed by atoms with E-state index in [9.17, 15) is 4.79 Å². The van der Waals surface area contributed by atoms with E-state index in [1.807, 2.05) is 0 Å². The minimum absolute atomic E-state index is 0.345. The number of carbonyl (C=O) groups is 1. The molecule has 0 heterocycles. The maximum atomic E-state index is 10.3. The summed E-state index contributed by atoms with van der Waals surface area (Å²) in [6, 6.07) is 0. The Morgan fingerprint density at radius 2 is 0.955 bits per heavy atom. The number of carboxylic acids is 1. The van der Waals surface area contributed by atoms with E-state index >= 15 is 0 Å². The molecule has 0 aliphatic carbocycles. The van der Waals surface area contributed by atoms with Crippen LogP contribution in [-0.2, 0) is 4.79 Å². The van der Waals surface area contributed by atoms with Gasteiger partial charge >= 0.3 is 39.8 Å². The van der Waals surface area contributed by atoms with Gasteiger partial charge in [-0.2, -0.15) is 0 Å². The summed E-state index contributed by atoms with van der Waals surface area (Å²) in [5.74, 6) is -0.653. The topological polar surface area (TPSA) is 37.3 Å². The van der Waals surface area contributed by atoms with Crippen LogP contribution in [0.15, 0.2) is 0 Å². The Bertz CT molecular complexity index is 213. The van der Waals surface area contributed by atoms with Gasteiger partial charge in [0, 0.05) is 6.42 Å². The fourth-order valence-electron chi connectivity index (χ4n) is 2.65. The Labute approximate surface area is 158 Å². The number of rotatable bonds is 16. The average Bonchev–Trinajstić information content (AvgIpc) is 2.53. The zero-order valence-electron chi connectivity index (χ0n) is 15.7. The van der Waals surface area contributed by atoms with Crippen molar-refractivity contribution >= 4 is 39.8 Å². The van der Waals surface area contributed by atoms with Crippen molar-refractivity contribution < 1.29 is 9.90 Å². The Hall–Kier alpha value is 0.687. The van der Waals surface area contributed by atoms with Crippen LogP contribution in [0.4, 0.5) is 0 Å². The Balaban J connectivity index is 0. The molecule has 0 atom stereocenters. The van der Waals surface area contributed by atoms with E-state index in [0.29, 0.717) is 6.42 Å². The Kier molecular flexibility index (Phi) is 27.1. The molecule has 0 spiro atoms. The van der Waals surface area contributed by atoms with Crippen molar-refractivity contribution in [3.63, 3.8) is 0 Å². The molecule has 0 aromatic rings. The van der Waals surface area contributed by atoms with Crippen molar-refractivity contribution in [3.8, 4) is 0 Å². The normalized spacial score (nSPS) is 10.3. The Morgan fingerprint density at radius 1 is 0.682 bits per heavy atom. The van der Waals surface area contributed by atoms with Crippen LogP contribution in [0.3, 0.4) is 0 Å². The molecule has 0 saturated heterocycles. The van der Waals surface area contributed by atoms with Gasteiger partial charge in [-0.1, -0.05) is 96.8 Å². The molecule has 0 amide bonds. The number of aliphatic carboxylic acids is 1. The molecule has 128 valence electrons. The van der Waals surface area contributed by atoms with Crippen molar-refractivity contribution in [1.29, 1.82) is 0 Å². The van der Waals surface area contributed by atoms with Crippen LogP contribution >= 0.6 is 0 Å². The van der Waals surface area contributed by atoms with Crippen LogP contribution in [0.25, 0.3) is 0 Å². The van der Waals surface area contributed by atoms with Crippen molar-refractivity contribution in [2.75, 3.05) is 0 Å². The van der Waals surface area contributed by atoms with Crippen LogP contribution in [0.2, 0.25) is 0 Å². The second-order valence-corrected chi connectivity index (χ2v) is 6.09. The van der Waals surface area contributed by atoms with E-state index in [1.165, 1.54) is 117 Å². The van der Waals surface area contributed by atoms with E-state index in [1.54, 1.807) is 0 Å². The van der Waals surface area contributed by atoms with Gasteiger partial charge in [-0.3, -0.25) is 4.79 Å². The number of unbranched alkanes of at least 4 members (excludes halogenated alkanes) is 14. The molecule has 22 heavy (non-hydrogen) atoms. The van der Waals surface area contributed by atoms with E-state index < -0.39 is 5.97 Å². The fraction of sp³-hybridized carbons (Fsp3) is 0.944. The first-order valence-corrected chi connectivity index (χ1v) is 18.0. The molecule has 0 rings (SSSR count). The molecule has 0 fully saturated rings. The fourth-order valence-corrected chi connectivity index (χ4v) is 2.65. The van der Waals surface area contributed by atoms with Gasteiger partial charge in [0.05, 0.1) is 0 Å². The summed E-state index contributed by atoms with van der Waals surface area (Å²) in [7, 11) is 0. The van der Waals surface area contributed by atoms with Crippen molar-refractivity contribution in [2.45, 2.75) is 110 Å². The molecule has 0 radical (unpaired) electrons. The second kappa shape index (κ2) is 23.9. The third-order valence-electron chi connectivity index (χ3n) is 3.99. The SMILES string of the molecule is CCCCCCCCCCCCCCCCCC(=O)O.[Na][SiH3]. The van der Waals surface area contributed by atoms with Gasteiger partial charge in [0.25, 0.3) is 0 Å². The predicted molar refractivity (Wildman–Crippen MR) is 103 cm³/mol. The van der Waals surface area contributed by atoms with Crippen molar-refractivity contribution in [1.82, 2.24) is 0 Å². The van der Waals surface area contributed by atoms with E-state index in [0.717, 1.165) is 12.8 Å². The zero-order chi connectivity index (χ0) is 16.9. The van der Waals surface area contributed by atoms with E-state index in [4.69, 9.17) is 5.11 Å². The summed E-state index contributed by atoms with van der Waals surface area (Å²) in [4.78, 5) is 10.3. The van der Waals surface area contributed by atoms with Crippen LogP contribution in [0.1, 0.15) is 110 Å². The average molecular weight is 339 g/mol. The summed E-state index contributed by atoms with van der Waals surface area (Å²) in [5.41, 5.74) is 0. The van der Waals surface area contributed by atoms with Gasteiger partial charge in [-0.25, -0.2) is 0 Å². The minimum atomic E-state index is -0.653. The molecule has 0 aromatic heterocycles. The standard InChI is InChI=1S/C18H36O2.Na.H3Si/c1-2-3-4-5-6-7-8-9-10-11-12-13-14-15-16-17-18(19)20;;/h2-17H2,1H3,(H,19,20);;1H3.